The van der Waals surface area contributed by atoms with Crippen LogP contribution in [0.5, 0.6) is 0 Å². The third kappa shape index (κ3) is 5.83. The van der Waals surface area contributed by atoms with E-state index in [1.54, 1.807) is 0 Å². The lowest BCUT2D eigenvalue weighted by molar-refractivity contribution is 0.0571. The smallest absolute Gasteiger partial charge is 0.0616 e. The standard InChI is InChI=1S/C17H35NO/c1-4-6-7-8-9-10-11-17(15-18-13-5-2)12-14-19-16(17)3/h16,18H,4-15H2,1-3H3. The Hall–Kier alpha value is -0.0800. The molecule has 0 radical (unpaired) electrons. The van der Waals surface area contributed by atoms with E-state index in [0.29, 0.717) is 11.5 Å². The first-order valence-electron chi connectivity index (χ1n) is 8.57. The van der Waals surface area contributed by atoms with Crippen molar-refractivity contribution in [3.8, 4) is 0 Å². The minimum absolute atomic E-state index is 0.417. The number of hydrogen-bond donors (Lipinski definition) is 1. The molecule has 0 aromatic rings. The predicted molar refractivity (Wildman–Crippen MR) is 83.6 cm³/mol. The van der Waals surface area contributed by atoms with Crippen LogP contribution in [0.2, 0.25) is 0 Å². The summed E-state index contributed by atoms with van der Waals surface area (Å²) in [6, 6.07) is 0. The highest BCUT2D eigenvalue weighted by Crippen LogP contribution is 2.39. The Bertz CT molecular complexity index is 219. The average Bonchev–Trinajstić information content (AvgIpc) is 2.76. The summed E-state index contributed by atoms with van der Waals surface area (Å²) in [5.41, 5.74) is 0.417. The summed E-state index contributed by atoms with van der Waals surface area (Å²) in [7, 11) is 0. The molecule has 2 heteroatoms. The average molecular weight is 269 g/mol. The van der Waals surface area contributed by atoms with E-state index in [1.165, 1.54) is 57.8 Å². The maximum absolute atomic E-state index is 5.86. The highest BCUT2D eigenvalue weighted by Gasteiger charge is 2.40. The van der Waals surface area contributed by atoms with Crippen molar-refractivity contribution >= 4 is 0 Å². The number of unbranched alkanes of at least 4 members (excludes halogenated alkanes) is 5. The van der Waals surface area contributed by atoms with Crippen molar-refractivity contribution in [1.29, 1.82) is 0 Å². The van der Waals surface area contributed by atoms with Gasteiger partial charge in [0.25, 0.3) is 0 Å². The molecule has 1 aliphatic rings. The van der Waals surface area contributed by atoms with Gasteiger partial charge in [-0.25, -0.2) is 0 Å². The third-order valence-electron chi connectivity index (χ3n) is 4.76. The van der Waals surface area contributed by atoms with Crippen LogP contribution in [0.3, 0.4) is 0 Å². The van der Waals surface area contributed by atoms with Crippen molar-refractivity contribution in [2.24, 2.45) is 5.41 Å². The molecule has 0 bridgehead atoms. The Balaban J connectivity index is 2.25. The van der Waals surface area contributed by atoms with E-state index in [4.69, 9.17) is 4.74 Å². The van der Waals surface area contributed by atoms with Crippen molar-refractivity contribution in [1.82, 2.24) is 5.32 Å². The molecule has 2 nitrogen and oxygen atoms in total. The molecule has 1 heterocycles. The number of rotatable bonds is 11. The first-order chi connectivity index (χ1) is 9.25. The summed E-state index contributed by atoms with van der Waals surface area (Å²) in [6.07, 6.45) is 12.6. The van der Waals surface area contributed by atoms with Gasteiger partial charge in [-0.3, -0.25) is 0 Å². The second kappa shape index (κ2) is 9.77. The van der Waals surface area contributed by atoms with Crippen LogP contribution in [0.4, 0.5) is 0 Å². The lowest BCUT2D eigenvalue weighted by Crippen LogP contribution is -2.39. The van der Waals surface area contributed by atoms with Crippen molar-refractivity contribution in [2.45, 2.75) is 84.7 Å². The lowest BCUT2D eigenvalue weighted by Gasteiger charge is -2.32. The van der Waals surface area contributed by atoms with Gasteiger partial charge in [0.05, 0.1) is 6.10 Å². The molecule has 1 aliphatic heterocycles. The summed E-state index contributed by atoms with van der Waals surface area (Å²) < 4.78 is 5.86. The molecule has 0 saturated carbocycles. The van der Waals surface area contributed by atoms with Crippen LogP contribution in [0.1, 0.15) is 78.6 Å². The first kappa shape index (κ1) is 17.0. The highest BCUT2D eigenvalue weighted by molar-refractivity contribution is 4.91. The molecule has 19 heavy (non-hydrogen) atoms. The quantitative estimate of drug-likeness (QED) is 0.556. The topological polar surface area (TPSA) is 21.3 Å². The van der Waals surface area contributed by atoms with Crippen molar-refractivity contribution in [3.05, 3.63) is 0 Å². The van der Waals surface area contributed by atoms with Gasteiger partial charge in [-0.1, -0.05) is 52.4 Å². The van der Waals surface area contributed by atoms with E-state index in [1.807, 2.05) is 0 Å². The van der Waals surface area contributed by atoms with Gasteiger partial charge in [0.2, 0.25) is 0 Å². The van der Waals surface area contributed by atoms with Crippen LogP contribution in [-0.2, 0) is 4.74 Å². The third-order valence-corrected chi connectivity index (χ3v) is 4.76. The Morgan fingerprint density at radius 1 is 1.05 bits per heavy atom. The zero-order valence-corrected chi connectivity index (χ0v) is 13.5. The fourth-order valence-electron chi connectivity index (χ4n) is 3.24. The zero-order valence-electron chi connectivity index (χ0n) is 13.5. The minimum atomic E-state index is 0.417. The summed E-state index contributed by atoms with van der Waals surface area (Å²) in [5, 5.41) is 3.63. The van der Waals surface area contributed by atoms with Crippen LogP contribution in [0.15, 0.2) is 0 Å². The number of nitrogens with one attached hydrogen (secondary N) is 1. The van der Waals surface area contributed by atoms with Gasteiger partial charge < -0.3 is 10.1 Å². The van der Waals surface area contributed by atoms with E-state index in [0.717, 1.165) is 19.7 Å². The van der Waals surface area contributed by atoms with E-state index >= 15 is 0 Å². The van der Waals surface area contributed by atoms with Crippen LogP contribution >= 0.6 is 0 Å². The van der Waals surface area contributed by atoms with Gasteiger partial charge in [0.15, 0.2) is 0 Å². The highest BCUT2D eigenvalue weighted by atomic mass is 16.5. The van der Waals surface area contributed by atoms with Crippen LogP contribution < -0.4 is 5.32 Å². The van der Waals surface area contributed by atoms with E-state index < -0.39 is 0 Å². The Labute approximate surface area is 120 Å². The molecule has 0 aromatic heterocycles. The van der Waals surface area contributed by atoms with Gasteiger partial charge >= 0.3 is 0 Å². The van der Waals surface area contributed by atoms with E-state index in [-0.39, 0.29) is 0 Å². The number of hydrogen-bond acceptors (Lipinski definition) is 2. The Morgan fingerprint density at radius 3 is 2.42 bits per heavy atom. The molecule has 1 rings (SSSR count). The largest absolute Gasteiger partial charge is 0.378 e. The van der Waals surface area contributed by atoms with Gasteiger partial charge in [-0.2, -0.15) is 0 Å². The van der Waals surface area contributed by atoms with Crippen molar-refractivity contribution < 1.29 is 4.74 Å². The minimum Gasteiger partial charge on any atom is -0.378 e. The molecule has 1 saturated heterocycles. The Kier molecular flexibility index (Phi) is 8.72. The summed E-state index contributed by atoms with van der Waals surface area (Å²) in [5.74, 6) is 0. The molecule has 0 aromatic carbocycles. The molecule has 114 valence electrons. The molecule has 2 unspecified atom stereocenters. The fourth-order valence-corrected chi connectivity index (χ4v) is 3.24. The maximum atomic E-state index is 5.86. The molecule has 0 amide bonds. The first-order valence-corrected chi connectivity index (χ1v) is 8.57. The van der Waals surface area contributed by atoms with Crippen LogP contribution in [-0.4, -0.2) is 25.8 Å². The second-order valence-electron chi connectivity index (χ2n) is 6.32. The molecular formula is C17H35NO. The monoisotopic (exact) mass is 269 g/mol. The lowest BCUT2D eigenvalue weighted by atomic mass is 9.77. The number of ether oxygens (including phenoxy) is 1. The van der Waals surface area contributed by atoms with Crippen molar-refractivity contribution in [3.63, 3.8) is 0 Å². The summed E-state index contributed by atoms with van der Waals surface area (Å²) >= 11 is 0. The molecule has 0 aliphatic carbocycles. The second-order valence-corrected chi connectivity index (χ2v) is 6.32. The Morgan fingerprint density at radius 2 is 1.79 bits per heavy atom. The van der Waals surface area contributed by atoms with Gasteiger partial charge in [0.1, 0.15) is 0 Å². The van der Waals surface area contributed by atoms with E-state index in [2.05, 4.69) is 26.1 Å². The molecule has 1 N–H and O–H groups in total. The van der Waals surface area contributed by atoms with Gasteiger partial charge in [-0.05, 0) is 32.7 Å². The van der Waals surface area contributed by atoms with Crippen LogP contribution in [0.25, 0.3) is 0 Å². The molecule has 2 atom stereocenters. The molecule has 0 spiro atoms. The van der Waals surface area contributed by atoms with Gasteiger partial charge in [0, 0.05) is 18.6 Å². The summed E-state index contributed by atoms with van der Waals surface area (Å²) in [6.45, 7) is 10.1. The van der Waals surface area contributed by atoms with Crippen LogP contribution in [0, 0.1) is 5.41 Å². The molecule has 1 fully saturated rings. The van der Waals surface area contributed by atoms with E-state index in [9.17, 15) is 0 Å². The predicted octanol–water partition coefficient (Wildman–Crippen LogP) is 4.53. The van der Waals surface area contributed by atoms with Gasteiger partial charge in [-0.15, -0.1) is 0 Å². The normalized spacial score (nSPS) is 27.0. The SMILES string of the molecule is CCCCCCCCC1(CNCCC)CCOC1C. The maximum Gasteiger partial charge on any atom is 0.0616 e. The molecular weight excluding hydrogens is 234 g/mol. The fraction of sp³-hybridized carbons (Fsp3) is 1.00. The summed E-state index contributed by atoms with van der Waals surface area (Å²) in [4.78, 5) is 0. The van der Waals surface area contributed by atoms with Crippen molar-refractivity contribution in [2.75, 3.05) is 19.7 Å². The zero-order chi connectivity index (χ0) is 14.0.